The summed E-state index contributed by atoms with van der Waals surface area (Å²) in [6.45, 7) is 12.7. The lowest BCUT2D eigenvalue weighted by molar-refractivity contribution is -0.231. The Bertz CT molecular complexity index is 1760. The molecule has 4 aliphatic rings. The largest absolute Gasteiger partial charge is 0.460 e. The van der Waals surface area contributed by atoms with Crippen LogP contribution in [0, 0.1) is 35.5 Å². The smallest absolute Gasteiger partial charge is 0.329 e. The first-order valence-corrected chi connectivity index (χ1v) is 23.9. The molecule has 3 heterocycles. The second-order valence-corrected chi connectivity index (χ2v) is 19.6. The van der Waals surface area contributed by atoms with Crippen molar-refractivity contribution in [3.63, 3.8) is 0 Å². The van der Waals surface area contributed by atoms with Gasteiger partial charge in [-0.25, -0.2) is 4.79 Å². The zero-order valence-corrected chi connectivity index (χ0v) is 40.6. The Morgan fingerprint density at radius 3 is 2.23 bits per heavy atom. The van der Waals surface area contributed by atoms with E-state index in [1.807, 2.05) is 58.1 Å². The number of allylic oxidation sites excluding steroid dienone is 6. The minimum absolute atomic E-state index is 0.0147. The van der Waals surface area contributed by atoms with Crippen molar-refractivity contribution in [1.29, 1.82) is 0 Å². The van der Waals surface area contributed by atoms with E-state index < -0.39 is 83.9 Å². The summed E-state index contributed by atoms with van der Waals surface area (Å²) in [6, 6.07) is -1.16. The monoisotopic (exact) mass is 914 g/mol. The van der Waals surface area contributed by atoms with Crippen molar-refractivity contribution in [2.24, 2.45) is 35.5 Å². The normalized spacial score (nSPS) is 39.6. The van der Waals surface area contributed by atoms with Crippen molar-refractivity contribution in [3.8, 4) is 0 Å². The number of ketones is 3. The molecule has 0 spiro atoms. The van der Waals surface area contributed by atoms with Gasteiger partial charge in [0.1, 0.15) is 30.1 Å². The van der Waals surface area contributed by atoms with Gasteiger partial charge in [-0.05, 0) is 107 Å². The van der Waals surface area contributed by atoms with Crippen LogP contribution < -0.4 is 0 Å². The lowest BCUT2D eigenvalue weighted by atomic mass is 9.78. The van der Waals surface area contributed by atoms with Gasteiger partial charge in [0.05, 0.1) is 24.4 Å². The number of cyclic esters (lactones) is 1. The minimum Gasteiger partial charge on any atom is -0.460 e. The Hall–Kier alpha value is -3.37. The molecule has 3 aliphatic heterocycles. The highest BCUT2D eigenvalue weighted by Gasteiger charge is 2.55. The first kappa shape index (κ1) is 54.2. The maximum absolute atomic E-state index is 14.6. The van der Waals surface area contributed by atoms with Gasteiger partial charge in [0, 0.05) is 58.5 Å². The third-order valence-electron chi connectivity index (χ3n) is 14.4. The van der Waals surface area contributed by atoms with Crippen LogP contribution in [0.5, 0.6) is 0 Å². The Labute approximate surface area is 387 Å². The number of esters is 1. The third-order valence-corrected chi connectivity index (χ3v) is 14.4. The average Bonchev–Trinajstić information content (AvgIpc) is 3.39. The van der Waals surface area contributed by atoms with Crippen LogP contribution in [0.3, 0.4) is 0 Å². The molecular formula is C51H79NO13. The highest BCUT2D eigenvalue weighted by molar-refractivity contribution is 6.09. The number of methoxy groups -OCH3 is 3. The molecule has 65 heavy (non-hydrogen) atoms. The van der Waals surface area contributed by atoms with E-state index in [1.54, 1.807) is 41.1 Å². The van der Waals surface area contributed by atoms with Gasteiger partial charge in [-0.2, -0.15) is 0 Å². The maximum atomic E-state index is 14.6. The average molecular weight is 914 g/mol. The number of amides is 1. The van der Waals surface area contributed by atoms with Gasteiger partial charge in [0.15, 0.2) is 5.78 Å². The number of hydrogen-bond donors (Lipinski definition) is 3. The van der Waals surface area contributed by atoms with Crippen LogP contribution in [0.25, 0.3) is 0 Å². The molecule has 14 nitrogen and oxygen atoms in total. The molecular weight excluding hydrogens is 835 g/mol. The molecule has 1 aliphatic carbocycles. The molecule has 15 atom stereocenters. The van der Waals surface area contributed by atoms with E-state index in [4.69, 9.17) is 23.7 Å². The topological polar surface area (TPSA) is 195 Å². The van der Waals surface area contributed by atoms with E-state index in [-0.39, 0.29) is 61.2 Å². The first-order valence-electron chi connectivity index (χ1n) is 23.9. The molecule has 1 amide bonds. The lowest BCUT2D eigenvalue weighted by Crippen LogP contribution is -2.62. The Morgan fingerprint density at radius 1 is 0.831 bits per heavy atom. The minimum atomic E-state index is -2.85. The quantitative estimate of drug-likeness (QED) is 0.156. The molecule has 3 fully saturated rings. The number of rotatable bonds is 6. The van der Waals surface area contributed by atoms with Gasteiger partial charge in [0.25, 0.3) is 5.91 Å². The molecule has 4 rings (SSSR count). The number of carbonyl (C=O) groups is 5. The summed E-state index contributed by atoms with van der Waals surface area (Å²) in [6.07, 6.45) is 10.7. The maximum Gasteiger partial charge on any atom is 0.329 e. The van der Waals surface area contributed by atoms with Crippen molar-refractivity contribution in [2.45, 2.75) is 180 Å². The molecule has 0 aromatic rings. The van der Waals surface area contributed by atoms with Gasteiger partial charge in [-0.15, -0.1) is 0 Å². The Kier molecular flexibility index (Phi) is 21.0. The number of fused-ring (bicyclic) bond motifs is 3. The van der Waals surface area contributed by atoms with Crippen LogP contribution >= 0.6 is 0 Å². The Balaban J connectivity index is 1.74. The summed E-state index contributed by atoms with van der Waals surface area (Å²) >= 11 is 0. The standard InChI is InChI=1S/C51H79NO13/c1-30-16-12-11-13-17-31(2)42(61-8)28-38-21-19-32(3)48(57)51(60,65-38)50(59)52-23-15-14-18-39(52)49(58)64-43(34(5)26-37-20-22-40(53)44(27-37)62-9)29-41(54)33(4)25-36(7)46(56)47(63-10)45(55)35(6)24-30/h11-13,16-17,25,30,32-35,37-40,42-44,46-47,53,56,60H,14-15,18-24,26-29H2,1-10H3/b13-11+,16-12+,31-17?,36-25+/t30-,32?,33?,34?,35?,37?,38+,39?,40?,42+,43+,44-,46?,47+,51?/m1/s1. The molecule has 9 unspecified atom stereocenters. The van der Waals surface area contributed by atoms with E-state index >= 15 is 0 Å². The van der Waals surface area contributed by atoms with Crippen molar-refractivity contribution in [3.05, 3.63) is 47.6 Å². The summed E-state index contributed by atoms with van der Waals surface area (Å²) in [5.41, 5.74) is 1.24. The number of carbonyl (C=O) groups excluding carboxylic acids is 5. The van der Waals surface area contributed by atoms with Gasteiger partial charge >= 0.3 is 11.8 Å². The fourth-order valence-electron chi connectivity index (χ4n) is 10.1. The SMILES string of the molecule is CO[C@H]1C[C@@H]2CCC(C)C(=O)C(O)(O2)C(=O)N2CCCCC2C(=O)O[C@H](C(C)CC2CCC(O)[C@H](OC)C2)CC(=O)C(C)/C=C(\C)C(O)[C@@H](OC)C(=O)C(C)C[C@H](C)/C=C/C=C/C=C1C. The Morgan fingerprint density at radius 2 is 1.55 bits per heavy atom. The predicted octanol–water partition coefficient (Wildman–Crippen LogP) is 6.18. The van der Waals surface area contributed by atoms with Gasteiger partial charge in [-0.1, -0.05) is 71.1 Å². The fraction of sp³-hybridized carbons (Fsp3) is 0.745. The highest BCUT2D eigenvalue weighted by atomic mass is 16.6. The first-order chi connectivity index (χ1) is 30.7. The number of ether oxygens (including phenoxy) is 5. The van der Waals surface area contributed by atoms with Crippen LogP contribution in [-0.2, 0) is 47.7 Å². The van der Waals surface area contributed by atoms with E-state index in [9.17, 15) is 39.3 Å². The number of nitrogens with zero attached hydrogens (tertiary/aromatic N) is 1. The summed E-state index contributed by atoms with van der Waals surface area (Å²) in [4.78, 5) is 72.1. The second kappa shape index (κ2) is 25.1. The van der Waals surface area contributed by atoms with E-state index in [0.29, 0.717) is 56.9 Å². The molecule has 1 saturated carbocycles. The number of aliphatic hydroxyl groups excluding tert-OH is 2. The molecule has 0 aromatic heterocycles. The molecule has 3 N–H and O–H groups in total. The van der Waals surface area contributed by atoms with Crippen molar-refractivity contribution in [2.75, 3.05) is 27.9 Å². The summed E-state index contributed by atoms with van der Waals surface area (Å²) in [5.74, 6) is -8.01. The second-order valence-electron chi connectivity index (χ2n) is 19.6. The number of piperidine rings is 1. The van der Waals surface area contributed by atoms with E-state index in [1.165, 1.54) is 12.0 Å². The van der Waals surface area contributed by atoms with Crippen LogP contribution in [0.4, 0.5) is 0 Å². The van der Waals surface area contributed by atoms with Crippen molar-refractivity contribution in [1.82, 2.24) is 4.90 Å². The highest BCUT2D eigenvalue weighted by Crippen LogP contribution is 2.36. The predicted molar refractivity (Wildman–Crippen MR) is 245 cm³/mol. The number of aliphatic hydroxyl groups is 3. The molecule has 366 valence electrons. The summed E-state index contributed by atoms with van der Waals surface area (Å²) < 4.78 is 29.5. The van der Waals surface area contributed by atoms with Crippen LogP contribution in [-0.4, -0.2) is 132 Å². The van der Waals surface area contributed by atoms with Crippen LogP contribution in [0.1, 0.15) is 126 Å². The van der Waals surface area contributed by atoms with Crippen LogP contribution in [0.2, 0.25) is 0 Å². The molecule has 2 bridgehead atoms. The number of Topliss-reactive ketones (excluding diaryl/α,β-unsaturated/α-hetero) is 3. The molecule has 0 radical (unpaired) electrons. The van der Waals surface area contributed by atoms with E-state index in [2.05, 4.69) is 0 Å². The lowest BCUT2D eigenvalue weighted by Gasteiger charge is -2.40. The summed E-state index contributed by atoms with van der Waals surface area (Å²) in [5, 5.41) is 34.1. The molecule has 14 heteroatoms. The summed E-state index contributed by atoms with van der Waals surface area (Å²) in [7, 11) is 4.51. The third kappa shape index (κ3) is 14.3. The van der Waals surface area contributed by atoms with E-state index in [0.717, 1.165) is 12.0 Å². The van der Waals surface area contributed by atoms with Crippen molar-refractivity contribution < 1.29 is 63.0 Å². The molecule has 2 saturated heterocycles. The fourth-order valence-corrected chi connectivity index (χ4v) is 10.1. The zero-order chi connectivity index (χ0) is 48.2. The van der Waals surface area contributed by atoms with Gasteiger partial charge < -0.3 is 43.9 Å². The van der Waals surface area contributed by atoms with Gasteiger partial charge in [0.2, 0.25) is 5.78 Å². The van der Waals surface area contributed by atoms with Crippen LogP contribution in [0.15, 0.2) is 47.6 Å². The van der Waals surface area contributed by atoms with Crippen molar-refractivity contribution >= 4 is 29.2 Å². The zero-order valence-electron chi connectivity index (χ0n) is 40.6. The van der Waals surface area contributed by atoms with Gasteiger partial charge in [-0.3, -0.25) is 19.2 Å². The number of hydrogen-bond acceptors (Lipinski definition) is 13. The molecule has 0 aromatic carbocycles.